The van der Waals surface area contributed by atoms with Crippen molar-refractivity contribution in [1.29, 1.82) is 10.8 Å². The molecule has 32 heavy (non-hydrogen) atoms. The van der Waals surface area contributed by atoms with Crippen molar-refractivity contribution < 1.29 is 65.6 Å². The first-order valence-electron chi connectivity index (χ1n) is 9.91. The number of likely N-dealkylation sites (tertiary alicyclic amines) is 1. The number of ether oxygens (including phenoxy) is 1. The van der Waals surface area contributed by atoms with Crippen LogP contribution in [0.3, 0.4) is 0 Å². The van der Waals surface area contributed by atoms with E-state index in [1.54, 1.807) is 20.9 Å². The normalized spacial score (nSPS) is 14.9. The van der Waals surface area contributed by atoms with E-state index in [2.05, 4.69) is 23.8 Å². The number of nitrogens with one attached hydrogen (secondary N) is 3. The molecule has 0 bridgehead atoms. The number of β-amino-alcohol motifs (C(OH)–C–C–N with tert-alkyl or cyclic N) is 1. The van der Waals surface area contributed by atoms with Gasteiger partial charge in [-0.05, 0) is 59.6 Å². The summed E-state index contributed by atoms with van der Waals surface area (Å²) in [5.74, 6) is -0.102. The summed E-state index contributed by atoms with van der Waals surface area (Å²) in [7, 11) is 5.34. The number of nitrogens with zero attached hydrogens (tertiary/aromatic N) is 2. The first-order chi connectivity index (χ1) is 14.6. The Balaban J connectivity index is 0. The van der Waals surface area contributed by atoms with Crippen LogP contribution in [-0.2, 0) is 0 Å². The Morgan fingerprint density at radius 2 is 1.94 bits per heavy atom. The Kier molecular flexibility index (Phi) is 17.7. The number of nitrogens with two attached hydrogens (primary N) is 1. The third-order valence-electron chi connectivity index (χ3n) is 4.00. The summed E-state index contributed by atoms with van der Waals surface area (Å²) in [6.07, 6.45) is 1.43. The van der Waals surface area contributed by atoms with E-state index in [9.17, 15) is 9.50 Å². The molecule has 6 N–H and O–H groups in total. The van der Waals surface area contributed by atoms with E-state index in [1.807, 2.05) is 19.0 Å². The number of allylic oxidation sites excluding steroid dienone is 1. The number of nitrogen functional groups attached to an aromatic ring is 1. The van der Waals surface area contributed by atoms with Crippen LogP contribution in [0.25, 0.3) is 5.32 Å². The van der Waals surface area contributed by atoms with Crippen molar-refractivity contribution in [3.63, 3.8) is 0 Å². The molecule has 1 aliphatic rings. The average Bonchev–Trinajstić information content (AvgIpc) is 3.15. The van der Waals surface area contributed by atoms with Gasteiger partial charge in [0.1, 0.15) is 0 Å². The van der Waals surface area contributed by atoms with Crippen LogP contribution in [0.5, 0.6) is 5.75 Å². The van der Waals surface area contributed by atoms with E-state index < -0.39 is 11.9 Å². The maximum absolute atomic E-state index is 14.0. The molecule has 0 amide bonds. The molecular weight excluding hydrogens is 438 g/mol. The molecule has 0 spiro atoms. The van der Waals surface area contributed by atoms with Gasteiger partial charge in [0.15, 0.2) is 11.6 Å². The second-order valence-corrected chi connectivity index (χ2v) is 6.94. The summed E-state index contributed by atoms with van der Waals surface area (Å²) in [4.78, 5) is 1.85. The molecule has 0 saturated carbocycles. The molecule has 1 aromatic carbocycles. The molecular formula is C22H36FKN6O2. The minimum atomic E-state index is -0.606. The van der Waals surface area contributed by atoms with Crippen LogP contribution in [0.2, 0.25) is 0 Å². The summed E-state index contributed by atoms with van der Waals surface area (Å²) in [6, 6.07) is 2.44. The Hall–Kier alpha value is -1.27. The van der Waals surface area contributed by atoms with Gasteiger partial charge in [-0.1, -0.05) is 12.9 Å². The first-order valence-corrected chi connectivity index (χ1v) is 9.91. The van der Waals surface area contributed by atoms with Gasteiger partial charge in [0.05, 0.1) is 23.6 Å². The molecule has 1 fully saturated rings. The number of anilines is 1. The number of benzene rings is 1. The third-order valence-corrected chi connectivity index (χ3v) is 4.00. The number of hydrogen-bond acceptors (Lipinski definition) is 7. The zero-order valence-corrected chi connectivity index (χ0v) is 23.3. The number of aliphatic hydroxyl groups is 1. The molecule has 0 radical (unpaired) electrons. The van der Waals surface area contributed by atoms with E-state index in [1.165, 1.54) is 12.1 Å². The number of aliphatic hydroxyl groups excluding tert-OH is 1. The Labute approximate surface area is 233 Å². The molecule has 1 heterocycles. The molecule has 174 valence electrons. The topological polar surface area (TPSA) is 133 Å². The Bertz CT molecular complexity index is 773. The molecule has 0 unspecified atom stereocenters. The van der Waals surface area contributed by atoms with Crippen molar-refractivity contribution in [3.05, 3.63) is 53.9 Å². The summed E-state index contributed by atoms with van der Waals surface area (Å²) >= 11 is 0. The Morgan fingerprint density at radius 3 is 2.38 bits per heavy atom. The van der Waals surface area contributed by atoms with Crippen molar-refractivity contribution in [2.24, 2.45) is 0 Å². The maximum Gasteiger partial charge on any atom is 1.00 e. The third kappa shape index (κ3) is 10.6. The van der Waals surface area contributed by atoms with Gasteiger partial charge < -0.3 is 31.1 Å². The fourth-order valence-electron chi connectivity index (χ4n) is 2.72. The van der Waals surface area contributed by atoms with Gasteiger partial charge in [-0.3, -0.25) is 10.8 Å². The average molecular weight is 475 g/mol. The predicted octanol–water partition coefficient (Wildman–Crippen LogP) is 0.136. The molecule has 1 atom stereocenters. The van der Waals surface area contributed by atoms with E-state index in [-0.39, 0.29) is 85.9 Å². The monoisotopic (exact) mass is 474 g/mol. The second kappa shape index (κ2) is 17.2. The summed E-state index contributed by atoms with van der Waals surface area (Å²) < 4.78 is 19.4. The molecule has 2 rings (SSSR count). The van der Waals surface area contributed by atoms with Crippen LogP contribution in [0.4, 0.5) is 10.1 Å². The van der Waals surface area contributed by atoms with Crippen LogP contribution in [0.1, 0.15) is 25.8 Å². The largest absolute Gasteiger partial charge is 1.00 e. The molecule has 10 heteroatoms. The van der Waals surface area contributed by atoms with E-state index >= 15 is 0 Å². The standard InChI is InChI=1S/C18H25FN5O2.C2H7N.C2H4.K/c1-10(2)26-16-6-12(14(20)7-13(16)19)18(22)15(21)8-17(23-3)24-5-4-11(25)9-24;1-3-2;1-2;/h6-8,10-11,21-22,25H,4-5,9,20H2,1-3H3;3H,1-2H3;1-2H2;/q-1;;;+1/b17-8+,21-15?,22-18?;;;/t11-;;;/m1.../s1. The van der Waals surface area contributed by atoms with Crippen LogP contribution < -0.4 is 67.2 Å². The van der Waals surface area contributed by atoms with Gasteiger partial charge in [-0.25, -0.2) is 4.39 Å². The van der Waals surface area contributed by atoms with Crippen molar-refractivity contribution in [3.8, 4) is 5.75 Å². The predicted molar refractivity (Wildman–Crippen MR) is 127 cm³/mol. The summed E-state index contributed by atoms with van der Waals surface area (Å²) in [5, 5.41) is 33.0. The quantitative estimate of drug-likeness (QED) is 0.166. The van der Waals surface area contributed by atoms with Gasteiger partial charge >= 0.3 is 51.4 Å². The minimum Gasteiger partial charge on any atom is -0.488 e. The van der Waals surface area contributed by atoms with E-state index in [0.717, 1.165) is 6.07 Å². The van der Waals surface area contributed by atoms with Gasteiger partial charge in [0, 0.05) is 17.3 Å². The van der Waals surface area contributed by atoms with Crippen molar-refractivity contribution >= 4 is 17.1 Å². The SMILES string of the molecule is C=C.CNC.C[N-]/C(=C\C(=N)C(=N)c1cc(OC(C)C)c(F)cc1N)N1CC[C@@H](O)C1.[K+]. The van der Waals surface area contributed by atoms with Gasteiger partial charge in [0.2, 0.25) is 0 Å². The van der Waals surface area contributed by atoms with E-state index in [0.29, 0.717) is 25.3 Å². The number of rotatable bonds is 7. The molecule has 8 nitrogen and oxygen atoms in total. The zero-order valence-electron chi connectivity index (χ0n) is 20.1. The first kappa shape index (κ1) is 32.9. The maximum atomic E-state index is 14.0. The van der Waals surface area contributed by atoms with Crippen molar-refractivity contribution in [2.45, 2.75) is 32.5 Å². The van der Waals surface area contributed by atoms with Gasteiger partial charge in [-0.15, -0.1) is 13.2 Å². The number of hydrogen-bond donors (Lipinski definition) is 5. The molecule has 1 aliphatic heterocycles. The molecule has 1 aromatic rings. The van der Waals surface area contributed by atoms with Crippen molar-refractivity contribution in [1.82, 2.24) is 10.2 Å². The van der Waals surface area contributed by atoms with Gasteiger partial charge in [0.25, 0.3) is 0 Å². The minimum absolute atomic E-state index is 0. The molecule has 0 aliphatic carbocycles. The second-order valence-electron chi connectivity index (χ2n) is 6.94. The summed E-state index contributed by atoms with van der Waals surface area (Å²) in [5.41, 5.74) is 5.86. The van der Waals surface area contributed by atoms with E-state index in [4.69, 9.17) is 21.3 Å². The van der Waals surface area contributed by atoms with Crippen LogP contribution in [0.15, 0.2) is 37.2 Å². The molecule has 1 saturated heterocycles. The summed E-state index contributed by atoms with van der Waals surface area (Å²) in [6.45, 7) is 10.6. The van der Waals surface area contributed by atoms with Crippen molar-refractivity contribution in [2.75, 3.05) is 40.0 Å². The van der Waals surface area contributed by atoms with Crippen LogP contribution in [-0.4, -0.2) is 67.9 Å². The fraction of sp³-hybridized carbons (Fsp3) is 0.455. The Morgan fingerprint density at radius 1 is 1.38 bits per heavy atom. The van der Waals surface area contributed by atoms with Crippen LogP contribution in [0, 0.1) is 16.6 Å². The molecule has 0 aromatic heterocycles. The number of halogens is 1. The fourth-order valence-corrected chi connectivity index (χ4v) is 2.72. The van der Waals surface area contributed by atoms with Crippen LogP contribution >= 0.6 is 0 Å². The van der Waals surface area contributed by atoms with Gasteiger partial charge in [-0.2, -0.15) is 0 Å². The smallest absolute Gasteiger partial charge is 0.488 e. The zero-order chi connectivity index (χ0) is 24.1.